The first-order valence-corrected chi connectivity index (χ1v) is 22.3. The summed E-state index contributed by atoms with van der Waals surface area (Å²) in [6, 6.07) is 61.3. The number of hydrogen-bond acceptors (Lipinski definition) is 1. The SMILES string of the molecule is [C-]#[N+]c1cc2c(c3c1C1c4ccccc4C3c3ccccc31)c1cccc3c4cc5c(cc4n2c31)c1cccc2c3c4c(c(C#N)cc3n5c12)C1c2ccccc2C4c2ccccc21. The monoisotopic (exact) mass is 806 g/mol. The first-order valence-electron chi connectivity index (χ1n) is 22.3. The van der Waals surface area contributed by atoms with Crippen LogP contribution in [0.2, 0.25) is 0 Å². The summed E-state index contributed by atoms with van der Waals surface area (Å²) in [5.74, 6) is 0.143. The maximum atomic E-state index is 11.1. The highest BCUT2D eigenvalue weighted by molar-refractivity contribution is 6.30. The molecule has 13 aromatic rings. The summed E-state index contributed by atoms with van der Waals surface area (Å²) in [7, 11) is 0. The molecular weight excluding hydrogens is 777 g/mol. The fourth-order valence-electron chi connectivity index (χ4n) is 14.3. The molecular formula is C60H30N4. The van der Waals surface area contributed by atoms with Gasteiger partial charge in [0.2, 0.25) is 0 Å². The van der Waals surface area contributed by atoms with Crippen LogP contribution in [0.3, 0.4) is 0 Å². The van der Waals surface area contributed by atoms with E-state index >= 15 is 0 Å². The zero-order chi connectivity index (χ0) is 41.4. The summed E-state index contributed by atoms with van der Waals surface area (Å²) in [5.41, 5.74) is 24.2. The van der Waals surface area contributed by atoms with Crippen LogP contribution < -0.4 is 0 Å². The van der Waals surface area contributed by atoms with Crippen molar-refractivity contribution in [1.82, 2.24) is 8.80 Å². The molecule has 0 N–H and O–H groups in total. The summed E-state index contributed by atoms with van der Waals surface area (Å²) in [6.45, 7) is 8.69. The molecule has 4 nitrogen and oxygen atoms in total. The predicted octanol–water partition coefficient (Wildman–Crippen LogP) is 14.4. The lowest BCUT2D eigenvalue weighted by Gasteiger charge is -2.43. The van der Waals surface area contributed by atoms with Crippen molar-refractivity contribution >= 4 is 81.9 Å². The Labute approximate surface area is 365 Å². The molecule has 0 saturated carbocycles. The average molecular weight is 807 g/mol. The third-order valence-electron chi connectivity index (χ3n) is 16.3. The van der Waals surface area contributed by atoms with Gasteiger partial charge in [-0.3, -0.25) is 0 Å². The van der Waals surface area contributed by atoms with E-state index in [1.165, 1.54) is 121 Å². The molecule has 0 atom stereocenters. The molecule has 0 unspecified atom stereocenters. The zero-order valence-electron chi connectivity index (χ0n) is 34.1. The third-order valence-corrected chi connectivity index (χ3v) is 16.3. The largest absolute Gasteiger partial charge is 0.309 e. The first kappa shape index (κ1) is 32.3. The van der Waals surface area contributed by atoms with E-state index in [0.29, 0.717) is 0 Å². The van der Waals surface area contributed by atoms with Crippen molar-refractivity contribution in [3.05, 3.63) is 241 Å². The molecule has 6 aliphatic rings. The van der Waals surface area contributed by atoms with Gasteiger partial charge in [0.15, 0.2) is 5.69 Å². The highest BCUT2D eigenvalue weighted by Crippen LogP contribution is 2.62. The molecule has 4 aromatic heterocycles. The van der Waals surface area contributed by atoms with Crippen LogP contribution in [0.15, 0.2) is 158 Å². The Morgan fingerprint density at radius 2 is 0.766 bits per heavy atom. The average Bonchev–Trinajstić information content (AvgIpc) is 4.08. The van der Waals surface area contributed by atoms with Crippen molar-refractivity contribution in [2.45, 2.75) is 23.7 Å². The fraction of sp³-hybridized carbons (Fsp3) is 0.0667. The minimum absolute atomic E-state index is 0.0188. The van der Waals surface area contributed by atoms with Gasteiger partial charge in [-0.15, -0.1) is 0 Å². The Bertz CT molecular complexity index is 4100. The first-order chi connectivity index (χ1) is 31.7. The van der Waals surface area contributed by atoms with Crippen LogP contribution in [0.25, 0.3) is 81.0 Å². The van der Waals surface area contributed by atoms with Crippen LogP contribution in [0.4, 0.5) is 5.69 Å². The minimum atomic E-state index is 0.0188. The molecule has 4 heterocycles. The van der Waals surface area contributed by atoms with Crippen LogP contribution in [-0.4, -0.2) is 8.80 Å². The van der Waals surface area contributed by atoms with Gasteiger partial charge in [-0.25, -0.2) is 4.85 Å². The van der Waals surface area contributed by atoms with E-state index in [1.54, 1.807) is 0 Å². The van der Waals surface area contributed by atoms with Gasteiger partial charge >= 0.3 is 0 Å². The van der Waals surface area contributed by atoms with Crippen molar-refractivity contribution in [2.75, 3.05) is 0 Å². The molecule has 0 spiro atoms. The summed E-state index contributed by atoms with van der Waals surface area (Å²) in [4.78, 5) is 4.34. The highest BCUT2D eigenvalue weighted by atomic mass is 14.9. The van der Waals surface area contributed by atoms with Gasteiger partial charge < -0.3 is 8.80 Å². The smallest absolute Gasteiger partial charge is 0.193 e. The summed E-state index contributed by atoms with van der Waals surface area (Å²) >= 11 is 0. The molecule has 0 saturated heterocycles. The molecule has 0 amide bonds. The zero-order valence-corrected chi connectivity index (χ0v) is 34.1. The van der Waals surface area contributed by atoms with Crippen LogP contribution in [0.1, 0.15) is 96.0 Å². The second kappa shape index (κ2) is 10.6. The van der Waals surface area contributed by atoms with Crippen LogP contribution in [0.5, 0.6) is 0 Å². The van der Waals surface area contributed by atoms with Crippen molar-refractivity contribution in [1.29, 1.82) is 5.26 Å². The summed E-state index contributed by atoms with van der Waals surface area (Å²) in [5, 5.41) is 20.9. The van der Waals surface area contributed by atoms with Crippen molar-refractivity contribution in [2.24, 2.45) is 0 Å². The van der Waals surface area contributed by atoms with E-state index in [2.05, 4.69) is 177 Å². The standard InChI is InChI=1S/C60H30N4/c1-62-44-27-48-55(58-53-36-18-8-4-14-32(36)51(56(44)58)33-15-5-9-19-37(33)53)41-23-11-21-39-43-25-45-42(26-46(43)64(48)60(39)41)38-20-10-22-40-54-47(63(45)59(38)40)24-29(28-61)49-50-30-12-2-6-16-34(30)52(57(49)54)35-17-7-3-13-31(35)50/h2-27,50-53H. The van der Waals surface area contributed by atoms with Gasteiger partial charge in [0.25, 0.3) is 0 Å². The molecule has 19 rings (SSSR count). The Kier molecular flexibility index (Phi) is 5.35. The normalized spacial score (nSPS) is 18.6. The van der Waals surface area contributed by atoms with E-state index in [9.17, 15) is 5.26 Å². The van der Waals surface area contributed by atoms with Gasteiger partial charge in [0.1, 0.15) is 0 Å². The van der Waals surface area contributed by atoms with Gasteiger partial charge in [0.05, 0.1) is 45.8 Å². The molecule has 290 valence electrons. The lowest BCUT2D eigenvalue weighted by Crippen LogP contribution is -2.28. The van der Waals surface area contributed by atoms with E-state index in [0.717, 1.165) is 33.3 Å². The summed E-state index contributed by atoms with van der Waals surface area (Å²) in [6.07, 6.45) is 0. The lowest BCUT2D eigenvalue weighted by atomic mass is 9.59. The molecule has 0 fully saturated rings. The number of nitriles is 1. The van der Waals surface area contributed by atoms with Crippen LogP contribution in [0, 0.1) is 17.9 Å². The van der Waals surface area contributed by atoms with Crippen molar-refractivity contribution < 1.29 is 0 Å². The third kappa shape index (κ3) is 3.31. The van der Waals surface area contributed by atoms with E-state index in [1.807, 2.05) is 0 Å². The number of benzene rings is 9. The number of hydrogen-bond donors (Lipinski definition) is 0. The molecule has 4 bridgehead atoms. The van der Waals surface area contributed by atoms with E-state index in [-0.39, 0.29) is 23.7 Å². The fourth-order valence-corrected chi connectivity index (χ4v) is 14.3. The van der Waals surface area contributed by atoms with Gasteiger partial charge in [0, 0.05) is 72.3 Å². The Morgan fingerprint density at radius 1 is 0.391 bits per heavy atom. The van der Waals surface area contributed by atoms with Crippen molar-refractivity contribution in [3.8, 4) is 6.07 Å². The molecule has 64 heavy (non-hydrogen) atoms. The van der Waals surface area contributed by atoms with Crippen molar-refractivity contribution in [3.63, 3.8) is 0 Å². The topological polar surface area (TPSA) is 37.0 Å². The van der Waals surface area contributed by atoms with E-state index in [4.69, 9.17) is 6.57 Å². The van der Waals surface area contributed by atoms with Gasteiger partial charge in [-0.1, -0.05) is 133 Å². The van der Waals surface area contributed by atoms with Crippen LogP contribution >= 0.6 is 0 Å². The number of fused-ring (bicyclic) bond motifs is 12. The maximum Gasteiger partial charge on any atom is 0.193 e. The summed E-state index contributed by atoms with van der Waals surface area (Å²) < 4.78 is 4.95. The number of nitrogens with zero attached hydrogens (tertiary/aromatic N) is 4. The number of para-hydroxylation sites is 2. The number of rotatable bonds is 0. The quantitative estimate of drug-likeness (QED) is 0.141. The Hall–Kier alpha value is -8.44. The Morgan fingerprint density at radius 3 is 1.19 bits per heavy atom. The van der Waals surface area contributed by atoms with Crippen LogP contribution in [-0.2, 0) is 0 Å². The van der Waals surface area contributed by atoms with E-state index < -0.39 is 0 Å². The maximum absolute atomic E-state index is 11.1. The van der Waals surface area contributed by atoms with Gasteiger partial charge in [-0.05, 0) is 91.0 Å². The molecule has 0 radical (unpaired) electrons. The highest BCUT2D eigenvalue weighted by Gasteiger charge is 2.46. The van der Waals surface area contributed by atoms with Gasteiger partial charge in [-0.2, -0.15) is 5.26 Å². The second-order valence-electron chi connectivity index (χ2n) is 18.7. The lowest BCUT2D eigenvalue weighted by molar-refractivity contribution is 0.759. The molecule has 6 aliphatic carbocycles. The molecule has 0 aliphatic heterocycles. The molecule has 9 aromatic carbocycles. The molecule has 4 heteroatoms. The number of aromatic nitrogens is 2. The Balaban J connectivity index is 0.997. The minimum Gasteiger partial charge on any atom is -0.309 e. The second-order valence-corrected chi connectivity index (χ2v) is 18.7. The predicted molar refractivity (Wildman–Crippen MR) is 256 cm³/mol.